The molecular weight excluding hydrogens is 260 g/mol. The molecule has 0 spiro atoms. The van der Waals surface area contributed by atoms with Gasteiger partial charge in [0.1, 0.15) is 0 Å². The Labute approximate surface area is 128 Å². The van der Waals surface area contributed by atoms with Gasteiger partial charge >= 0.3 is 0 Å². The second-order valence-corrected chi connectivity index (χ2v) is 6.07. The van der Waals surface area contributed by atoms with Crippen molar-refractivity contribution in [1.82, 2.24) is 10.2 Å². The summed E-state index contributed by atoms with van der Waals surface area (Å²) in [6.45, 7) is 5.52. The predicted octanol–water partition coefficient (Wildman–Crippen LogP) is 3.17. The molecule has 0 aliphatic carbocycles. The van der Waals surface area contributed by atoms with E-state index >= 15 is 0 Å². The Morgan fingerprint density at radius 2 is 1.81 bits per heavy atom. The van der Waals surface area contributed by atoms with E-state index in [4.69, 9.17) is 0 Å². The second kappa shape index (κ2) is 8.83. The van der Waals surface area contributed by atoms with E-state index in [1.807, 2.05) is 11.0 Å². The minimum Gasteiger partial charge on any atom is -0.342 e. The molecule has 1 unspecified atom stereocenters. The summed E-state index contributed by atoms with van der Waals surface area (Å²) in [5, 5.41) is 3.31. The Bertz CT molecular complexity index is 410. The lowest BCUT2D eigenvalue weighted by Crippen LogP contribution is -2.39. The summed E-state index contributed by atoms with van der Waals surface area (Å²) >= 11 is 0. The fraction of sp³-hybridized carbons (Fsp3) is 0.611. The minimum absolute atomic E-state index is 0.268. The van der Waals surface area contributed by atoms with Gasteiger partial charge in [0.2, 0.25) is 5.91 Å². The van der Waals surface area contributed by atoms with Crippen LogP contribution in [0.1, 0.15) is 50.5 Å². The molecule has 1 aromatic carbocycles. The highest BCUT2D eigenvalue weighted by atomic mass is 16.2. The highest BCUT2D eigenvalue weighted by Gasteiger charge is 2.14. The lowest BCUT2D eigenvalue weighted by molar-refractivity contribution is -0.130. The van der Waals surface area contributed by atoms with Gasteiger partial charge in [0.15, 0.2) is 0 Å². The smallest absolute Gasteiger partial charge is 0.236 e. The van der Waals surface area contributed by atoms with E-state index in [0.29, 0.717) is 12.5 Å². The van der Waals surface area contributed by atoms with E-state index in [-0.39, 0.29) is 5.91 Å². The van der Waals surface area contributed by atoms with Crippen molar-refractivity contribution in [2.45, 2.75) is 44.9 Å². The van der Waals surface area contributed by atoms with Gasteiger partial charge in [-0.15, -0.1) is 0 Å². The number of carbonyl (C=O) groups is 1. The van der Waals surface area contributed by atoms with Gasteiger partial charge in [0.25, 0.3) is 0 Å². The minimum atomic E-state index is 0.268. The van der Waals surface area contributed by atoms with Crippen molar-refractivity contribution in [3.63, 3.8) is 0 Å². The Kier molecular flexibility index (Phi) is 6.74. The van der Waals surface area contributed by atoms with Crippen LogP contribution in [0.25, 0.3) is 0 Å². The molecule has 0 radical (unpaired) electrons. The lowest BCUT2D eigenvalue weighted by atomic mass is 9.98. The number of hydrogen-bond acceptors (Lipinski definition) is 2. The quantitative estimate of drug-likeness (QED) is 0.815. The molecule has 1 atom stereocenters. The first kappa shape index (κ1) is 16.0. The Morgan fingerprint density at radius 1 is 1.14 bits per heavy atom. The number of rotatable bonds is 6. The Balaban J connectivity index is 1.63. The summed E-state index contributed by atoms with van der Waals surface area (Å²) in [4.78, 5) is 14.2. The molecule has 2 rings (SSSR count). The Hall–Kier alpha value is -1.35. The highest BCUT2D eigenvalue weighted by molar-refractivity contribution is 5.78. The van der Waals surface area contributed by atoms with Crippen molar-refractivity contribution in [3.8, 4) is 0 Å². The Morgan fingerprint density at radius 3 is 2.48 bits per heavy atom. The number of carbonyl (C=O) groups excluding carboxylic acids is 1. The zero-order valence-corrected chi connectivity index (χ0v) is 13.2. The van der Waals surface area contributed by atoms with Crippen LogP contribution < -0.4 is 5.32 Å². The van der Waals surface area contributed by atoms with Crippen LogP contribution in [0.4, 0.5) is 0 Å². The fourth-order valence-electron chi connectivity index (χ4n) is 2.89. The van der Waals surface area contributed by atoms with Crippen molar-refractivity contribution < 1.29 is 4.79 Å². The maximum absolute atomic E-state index is 12.1. The summed E-state index contributed by atoms with van der Waals surface area (Å²) in [7, 11) is 0. The van der Waals surface area contributed by atoms with Crippen molar-refractivity contribution in [1.29, 1.82) is 0 Å². The molecule has 1 aliphatic rings. The van der Waals surface area contributed by atoms with E-state index in [2.05, 4.69) is 36.5 Å². The number of nitrogens with zero attached hydrogens (tertiary/aromatic N) is 1. The van der Waals surface area contributed by atoms with E-state index < -0.39 is 0 Å². The summed E-state index contributed by atoms with van der Waals surface area (Å²) in [6, 6.07) is 10.6. The first-order chi connectivity index (χ1) is 10.3. The van der Waals surface area contributed by atoms with Gasteiger partial charge in [-0.05, 0) is 37.3 Å². The van der Waals surface area contributed by atoms with Crippen LogP contribution in [0.15, 0.2) is 30.3 Å². The van der Waals surface area contributed by atoms with Gasteiger partial charge in [-0.3, -0.25) is 4.79 Å². The third kappa shape index (κ3) is 5.50. The average molecular weight is 288 g/mol. The van der Waals surface area contributed by atoms with Crippen molar-refractivity contribution in [2.24, 2.45) is 0 Å². The van der Waals surface area contributed by atoms with Gasteiger partial charge in [-0.25, -0.2) is 0 Å². The fourth-order valence-corrected chi connectivity index (χ4v) is 2.89. The maximum atomic E-state index is 12.1. The topological polar surface area (TPSA) is 32.3 Å². The third-order valence-corrected chi connectivity index (χ3v) is 4.36. The normalized spacial score (nSPS) is 17.3. The maximum Gasteiger partial charge on any atom is 0.236 e. The van der Waals surface area contributed by atoms with Gasteiger partial charge < -0.3 is 10.2 Å². The van der Waals surface area contributed by atoms with E-state index in [1.165, 1.54) is 18.4 Å². The largest absolute Gasteiger partial charge is 0.342 e. The molecule has 1 amide bonds. The summed E-state index contributed by atoms with van der Waals surface area (Å²) < 4.78 is 0. The van der Waals surface area contributed by atoms with Gasteiger partial charge in [0, 0.05) is 13.1 Å². The van der Waals surface area contributed by atoms with Gasteiger partial charge in [0.05, 0.1) is 6.54 Å². The molecule has 0 aromatic heterocycles. The van der Waals surface area contributed by atoms with Crippen molar-refractivity contribution in [3.05, 3.63) is 35.9 Å². The van der Waals surface area contributed by atoms with Crippen LogP contribution in [0.2, 0.25) is 0 Å². The van der Waals surface area contributed by atoms with Gasteiger partial charge in [-0.2, -0.15) is 0 Å². The van der Waals surface area contributed by atoms with Crippen molar-refractivity contribution >= 4 is 5.91 Å². The van der Waals surface area contributed by atoms with E-state index in [1.54, 1.807) is 0 Å². The molecule has 0 bridgehead atoms. The first-order valence-corrected chi connectivity index (χ1v) is 8.31. The molecule has 1 aliphatic heterocycles. The molecule has 1 saturated heterocycles. The molecule has 1 N–H and O–H groups in total. The standard InChI is InChI=1S/C18H28N2O/c1-16(17-9-5-4-6-10-17)11-12-19-15-18(21)20-13-7-2-3-8-14-20/h4-6,9-10,16,19H,2-3,7-8,11-15H2,1H3. The van der Waals surface area contributed by atoms with Crippen LogP contribution in [0.5, 0.6) is 0 Å². The zero-order chi connectivity index (χ0) is 14.9. The summed E-state index contributed by atoms with van der Waals surface area (Å²) in [6.07, 6.45) is 5.93. The van der Waals surface area contributed by atoms with Crippen LogP contribution in [-0.2, 0) is 4.79 Å². The SMILES string of the molecule is CC(CCNCC(=O)N1CCCCCC1)c1ccccc1. The monoisotopic (exact) mass is 288 g/mol. The second-order valence-electron chi connectivity index (χ2n) is 6.07. The predicted molar refractivity (Wildman–Crippen MR) is 87.4 cm³/mol. The summed E-state index contributed by atoms with van der Waals surface area (Å²) in [5.74, 6) is 0.802. The molecule has 3 nitrogen and oxygen atoms in total. The van der Waals surface area contributed by atoms with Crippen LogP contribution in [-0.4, -0.2) is 37.0 Å². The van der Waals surface area contributed by atoms with Crippen LogP contribution in [0.3, 0.4) is 0 Å². The van der Waals surface area contributed by atoms with Crippen LogP contribution >= 0.6 is 0 Å². The molecule has 1 fully saturated rings. The number of benzene rings is 1. The highest BCUT2D eigenvalue weighted by Crippen LogP contribution is 2.17. The number of hydrogen-bond donors (Lipinski definition) is 1. The van der Waals surface area contributed by atoms with Crippen molar-refractivity contribution in [2.75, 3.05) is 26.2 Å². The zero-order valence-electron chi connectivity index (χ0n) is 13.2. The molecule has 21 heavy (non-hydrogen) atoms. The molecule has 3 heteroatoms. The van der Waals surface area contributed by atoms with Crippen LogP contribution in [0, 0.1) is 0 Å². The number of amides is 1. The molecular formula is C18H28N2O. The lowest BCUT2D eigenvalue weighted by Gasteiger charge is -2.20. The van der Waals surface area contributed by atoms with E-state index in [0.717, 1.165) is 38.9 Å². The van der Waals surface area contributed by atoms with E-state index in [9.17, 15) is 4.79 Å². The average Bonchev–Trinajstić information content (AvgIpc) is 2.81. The molecule has 0 saturated carbocycles. The molecule has 1 aromatic rings. The third-order valence-electron chi connectivity index (χ3n) is 4.36. The first-order valence-electron chi connectivity index (χ1n) is 8.31. The number of likely N-dealkylation sites (tertiary alicyclic amines) is 1. The molecule has 1 heterocycles. The number of nitrogens with one attached hydrogen (secondary N) is 1. The molecule has 116 valence electrons. The van der Waals surface area contributed by atoms with Gasteiger partial charge in [-0.1, -0.05) is 50.1 Å². The summed E-state index contributed by atoms with van der Waals surface area (Å²) in [5.41, 5.74) is 1.37.